The van der Waals surface area contributed by atoms with Crippen LogP contribution >= 0.6 is 0 Å². The van der Waals surface area contributed by atoms with Gasteiger partial charge < -0.3 is 15.5 Å². The van der Waals surface area contributed by atoms with E-state index in [2.05, 4.69) is 11.9 Å². The lowest BCUT2D eigenvalue weighted by atomic mass is 9.84. The topological polar surface area (TPSA) is 49.6 Å². The Balaban J connectivity index is 1.94. The summed E-state index contributed by atoms with van der Waals surface area (Å²) in [5.41, 5.74) is 6.12. The molecule has 1 amide bonds. The van der Waals surface area contributed by atoms with E-state index in [1.807, 2.05) is 11.9 Å². The molecule has 1 saturated carbocycles. The first-order chi connectivity index (χ1) is 8.59. The molecule has 0 aromatic rings. The first-order valence-corrected chi connectivity index (χ1v) is 7.30. The van der Waals surface area contributed by atoms with Gasteiger partial charge in [0.2, 0.25) is 5.91 Å². The summed E-state index contributed by atoms with van der Waals surface area (Å²) in [6.45, 7) is 2.16. The molecule has 0 radical (unpaired) electrons. The van der Waals surface area contributed by atoms with Gasteiger partial charge in [-0.15, -0.1) is 0 Å². The normalized spacial score (nSPS) is 34.3. The fourth-order valence-electron chi connectivity index (χ4n) is 3.36. The molecule has 104 valence electrons. The van der Waals surface area contributed by atoms with Gasteiger partial charge in [-0.25, -0.2) is 0 Å². The highest BCUT2D eigenvalue weighted by Gasteiger charge is 2.33. The maximum atomic E-state index is 12.5. The van der Waals surface area contributed by atoms with E-state index in [1.165, 1.54) is 12.8 Å². The van der Waals surface area contributed by atoms with Crippen molar-refractivity contribution in [2.24, 2.45) is 11.7 Å². The molecule has 4 nitrogen and oxygen atoms in total. The van der Waals surface area contributed by atoms with Crippen molar-refractivity contribution >= 4 is 5.91 Å². The van der Waals surface area contributed by atoms with Gasteiger partial charge in [0.1, 0.15) is 0 Å². The number of amides is 1. The molecule has 0 aromatic heterocycles. The van der Waals surface area contributed by atoms with Crippen LogP contribution in [0.4, 0.5) is 0 Å². The average Bonchev–Trinajstić information content (AvgIpc) is 2.37. The van der Waals surface area contributed by atoms with Crippen molar-refractivity contribution in [3.8, 4) is 0 Å². The molecule has 3 atom stereocenters. The van der Waals surface area contributed by atoms with Crippen LogP contribution in [0.3, 0.4) is 0 Å². The summed E-state index contributed by atoms with van der Waals surface area (Å²) in [6.07, 6.45) is 6.65. The van der Waals surface area contributed by atoms with Crippen molar-refractivity contribution in [3.63, 3.8) is 0 Å². The number of hydrogen-bond donors (Lipinski definition) is 1. The van der Waals surface area contributed by atoms with E-state index in [4.69, 9.17) is 5.73 Å². The molecular weight excluding hydrogens is 226 g/mol. The molecule has 18 heavy (non-hydrogen) atoms. The zero-order chi connectivity index (χ0) is 13.1. The molecule has 2 fully saturated rings. The molecule has 2 aliphatic rings. The second-order valence-electron chi connectivity index (χ2n) is 6.06. The van der Waals surface area contributed by atoms with Gasteiger partial charge in [0.25, 0.3) is 0 Å². The Bertz CT molecular complexity index is 295. The third-order valence-corrected chi connectivity index (χ3v) is 4.63. The highest BCUT2D eigenvalue weighted by atomic mass is 16.2. The first kappa shape index (κ1) is 13.8. The van der Waals surface area contributed by atoms with E-state index < -0.39 is 0 Å². The number of carbonyl (C=O) groups excluding carboxylic acids is 1. The molecule has 0 spiro atoms. The van der Waals surface area contributed by atoms with Crippen molar-refractivity contribution in [2.45, 2.75) is 50.6 Å². The number of nitrogens with zero attached hydrogens (tertiary/aromatic N) is 2. The van der Waals surface area contributed by atoms with Crippen molar-refractivity contribution in [1.29, 1.82) is 0 Å². The predicted octanol–water partition coefficient (Wildman–Crippen LogP) is 1.06. The number of rotatable bonds is 2. The smallest absolute Gasteiger partial charge is 0.227 e. The van der Waals surface area contributed by atoms with E-state index >= 15 is 0 Å². The van der Waals surface area contributed by atoms with Crippen molar-refractivity contribution in [3.05, 3.63) is 0 Å². The second kappa shape index (κ2) is 6.02. The lowest BCUT2D eigenvalue weighted by Gasteiger charge is -2.39. The summed E-state index contributed by atoms with van der Waals surface area (Å²) >= 11 is 0. The Labute approximate surface area is 110 Å². The Morgan fingerprint density at radius 2 is 1.94 bits per heavy atom. The molecule has 0 bridgehead atoms. The van der Waals surface area contributed by atoms with Gasteiger partial charge in [-0.05, 0) is 39.3 Å². The summed E-state index contributed by atoms with van der Waals surface area (Å²) in [6, 6.07) is 0.459. The highest BCUT2D eigenvalue weighted by Crippen LogP contribution is 2.26. The zero-order valence-electron chi connectivity index (χ0n) is 11.8. The van der Waals surface area contributed by atoms with Gasteiger partial charge in [0, 0.05) is 25.7 Å². The zero-order valence-corrected chi connectivity index (χ0v) is 11.8. The largest absolute Gasteiger partial charge is 0.341 e. The van der Waals surface area contributed by atoms with E-state index in [9.17, 15) is 4.79 Å². The Morgan fingerprint density at radius 3 is 2.61 bits per heavy atom. The van der Waals surface area contributed by atoms with Crippen molar-refractivity contribution in [2.75, 3.05) is 27.2 Å². The molecule has 2 N–H and O–H groups in total. The number of hydrogen-bond acceptors (Lipinski definition) is 3. The van der Waals surface area contributed by atoms with Crippen LogP contribution in [-0.2, 0) is 4.79 Å². The van der Waals surface area contributed by atoms with E-state index in [1.54, 1.807) is 0 Å². The number of piperidine rings is 1. The molecule has 1 aliphatic heterocycles. The van der Waals surface area contributed by atoms with E-state index in [-0.39, 0.29) is 17.9 Å². The molecule has 1 saturated heterocycles. The van der Waals surface area contributed by atoms with Crippen LogP contribution in [0.15, 0.2) is 0 Å². The number of carbonyl (C=O) groups is 1. The minimum Gasteiger partial charge on any atom is -0.341 e. The Hall–Kier alpha value is -0.610. The minimum atomic E-state index is 0.0657. The molecule has 0 aromatic carbocycles. The molecule has 4 heteroatoms. The molecular formula is C14H27N3O. The molecule has 1 aliphatic carbocycles. The molecule has 2 rings (SSSR count). The fourth-order valence-corrected chi connectivity index (χ4v) is 3.36. The van der Waals surface area contributed by atoms with Crippen LogP contribution in [0.2, 0.25) is 0 Å². The maximum Gasteiger partial charge on any atom is 0.227 e. The summed E-state index contributed by atoms with van der Waals surface area (Å²) < 4.78 is 0. The van der Waals surface area contributed by atoms with Gasteiger partial charge in [0.15, 0.2) is 0 Å². The Morgan fingerprint density at radius 1 is 1.22 bits per heavy atom. The Kier molecular flexibility index (Phi) is 4.62. The monoisotopic (exact) mass is 253 g/mol. The fraction of sp³-hybridized carbons (Fsp3) is 0.929. The van der Waals surface area contributed by atoms with Gasteiger partial charge in [-0.3, -0.25) is 4.79 Å². The van der Waals surface area contributed by atoms with Crippen LogP contribution in [0.5, 0.6) is 0 Å². The van der Waals surface area contributed by atoms with Crippen LogP contribution in [0.25, 0.3) is 0 Å². The van der Waals surface area contributed by atoms with Crippen molar-refractivity contribution < 1.29 is 4.79 Å². The minimum absolute atomic E-state index is 0.0657. The summed E-state index contributed by atoms with van der Waals surface area (Å²) in [7, 11) is 4.10. The third kappa shape index (κ3) is 3.04. The highest BCUT2D eigenvalue weighted by molar-refractivity contribution is 5.79. The predicted molar refractivity (Wildman–Crippen MR) is 73.2 cm³/mol. The van der Waals surface area contributed by atoms with Crippen LogP contribution < -0.4 is 5.73 Å². The van der Waals surface area contributed by atoms with Gasteiger partial charge in [0.05, 0.1) is 5.92 Å². The van der Waals surface area contributed by atoms with Crippen molar-refractivity contribution in [1.82, 2.24) is 9.80 Å². The van der Waals surface area contributed by atoms with E-state index in [0.717, 1.165) is 38.8 Å². The van der Waals surface area contributed by atoms with Gasteiger partial charge in [-0.2, -0.15) is 0 Å². The van der Waals surface area contributed by atoms with Gasteiger partial charge in [-0.1, -0.05) is 12.8 Å². The lowest BCUT2D eigenvalue weighted by molar-refractivity contribution is -0.138. The van der Waals surface area contributed by atoms with Crippen LogP contribution in [0, 0.1) is 5.92 Å². The first-order valence-electron chi connectivity index (χ1n) is 7.30. The quantitative estimate of drug-likeness (QED) is 0.800. The summed E-state index contributed by atoms with van der Waals surface area (Å²) in [5.74, 6) is 0.346. The second-order valence-corrected chi connectivity index (χ2v) is 6.06. The number of likely N-dealkylation sites (N-methyl/N-ethyl adjacent to an activating group) is 2. The molecule has 3 unspecified atom stereocenters. The lowest BCUT2D eigenvalue weighted by Crippen LogP contribution is -2.52. The summed E-state index contributed by atoms with van der Waals surface area (Å²) in [4.78, 5) is 16.8. The van der Waals surface area contributed by atoms with Crippen LogP contribution in [0.1, 0.15) is 38.5 Å². The average molecular weight is 253 g/mol. The van der Waals surface area contributed by atoms with E-state index in [0.29, 0.717) is 6.04 Å². The standard InChI is InChI=1S/C14H27N3O/c1-16-9-5-6-11(10-16)17(2)14(18)12-7-3-4-8-13(12)15/h11-13H,3-10,15H2,1-2H3. The van der Waals surface area contributed by atoms with Crippen LogP contribution in [-0.4, -0.2) is 55.0 Å². The SMILES string of the molecule is CN1CCCC(N(C)C(=O)C2CCCCC2N)C1. The number of nitrogens with two attached hydrogens (primary N) is 1. The summed E-state index contributed by atoms with van der Waals surface area (Å²) in [5, 5.41) is 0. The maximum absolute atomic E-state index is 12.5. The molecule has 1 heterocycles. The van der Waals surface area contributed by atoms with Gasteiger partial charge >= 0.3 is 0 Å². The number of likely N-dealkylation sites (tertiary alicyclic amines) is 1. The third-order valence-electron chi connectivity index (χ3n) is 4.63.